The molecule has 0 N–H and O–H groups in total. The van der Waals surface area contributed by atoms with Crippen molar-refractivity contribution in [3.63, 3.8) is 0 Å². The summed E-state index contributed by atoms with van der Waals surface area (Å²) in [7, 11) is 0. The van der Waals surface area contributed by atoms with Crippen molar-refractivity contribution in [3.8, 4) is 11.5 Å². The largest absolute Gasteiger partial charge is 0.491 e. The van der Waals surface area contributed by atoms with Crippen LogP contribution in [0.4, 0.5) is 0 Å². The molecule has 5 rings (SSSR count). The number of benzene rings is 3. The van der Waals surface area contributed by atoms with Crippen LogP contribution in [0, 0.1) is 0 Å². The van der Waals surface area contributed by atoms with E-state index >= 15 is 0 Å². The number of rotatable bonds is 5. The normalized spacial score (nSPS) is 19.2. The Bertz CT molecular complexity index is 1170. The van der Waals surface area contributed by atoms with Gasteiger partial charge in [-0.1, -0.05) is 54.0 Å². The molecular formula is C28H29BrN2O2. The molecule has 3 aromatic rings. The van der Waals surface area contributed by atoms with Gasteiger partial charge in [-0.2, -0.15) is 5.10 Å². The first-order valence-corrected chi connectivity index (χ1v) is 12.4. The first-order valence-electron chi connectivity index (χ1n) is 11.6. The highest BCUT2D eigenvalue weighted by atomic mass is 79.9. The monoisotopic (exact) mass is 504 g/mol. The van der Waals surface area contributed by atoms with Crippen LogP contribution in [0.2, 0.25) is 0 Å². The molecule has 0 fully saturated rings. The smallest absolute Gasteiger partial charge is 0.213 e. The number of fused-ring (bicyclic) bond motifs is 3. The van der Waals surface area contributed by atoms with Crippen molar-refractivity contribution < 1.29 is 9.47 Å². The van der Waals surface area contributed by atoms with Gasteiger partial charge < -0.3 is 9.47 Å². The fourth-order valence-electron chi connectivity index (χ4n) is 4.50. The quantitative estimate of drug-likeness (QED) is 0.358. The molecule has 3 aromatic carbocycles. The van der Waals surface area contributed by atoms with Gasteiger partial charge in [0.05, 0.1) is 17.9 Å². The summed E-state index contributed by atoms with van der Waals surface area (Å²) in [6.07, 6.45) is 0.729. The first kappa shape index (κ1) is 22.0. The summed E-state index contributed by atoms with van der Waals surface area (Å²) in [5, 5.41) is 7.22. The summed E-state index contributed by atoms with van der Waals surface area (Å²) in [6, 6.07) is 23.4. The van der Waals surface area contributed by atoms with E-state index in [9.17, 15) is 0 Å². The van der Waals surface area contributed by atoms with Crippen molar-refractivity contribution >= 4 is 21.6 Å². The van der Waals surface area contributed by atoms with Crippen LogP contribution in [0.3, 0.4) is 0 Å². The summed E-state index contributed by atoms with van der Waals surface area (Å²) in [6.45, 7) is 8.50. The lowest BCUT2D eigenvalue weighted by molar-refractivity contribution is -0.0190. The molecule has 2 aliphatic rings. The molecule has 0 aliphatic carbocycles. The SMILES string of the molecule is CC(C)Oc1ccc(C2=NN3[C@H](C2)c2cc(Br)ccc2O[C@@H]3c2ccc(C(C)C)cc2)cc1. The van der Waals surface area contributed by atoms with E-state index in [-0.39, 0.29) is 18.4 Å². The van der Waals surface area contributed by atoms with E-state index in [1.165, 1.54) is 5.56 Å². The fraction of sp³-hybridized carbons (Fsp3) is 0.321. The van der Waals surface area contributed by atoms with Gasteiger partial charge in [0.25, 0.3) is 0 Å². The van der Waals surface area contributed by atoms with Gasteiger partial charge in [-0.15, -0.1) is 0 Å². The zero-order chi connectivity index (χ0) is 23.1. The molecule has 0 saturated carbocycles. The first-order chi connectivity index (χ1) is 15.9. The molecule has 2 aliphatic heterocycles. The number of halogens is 1. The second-order valence-electron chi connectivity index (χ2n) is 9.31. The van der Waals surface area contributed by atoms with E-state index in [1.807, 2.05) is 32.0 Å². The molecule has 5 heteroatoms. The Kier molecular flexibility index (Phi) is 5.92. The predicted octanol–water partition coefficient (Wildman–Crippen LogP) is 7.60. The fourth-order valence-corrected chi connectivity index (χ4v) is 4.87. The molecule has 0 spiro atoms. The molecule has 0 unspecified atom stereocenters. The van der Waals surface area contributed by atoms with Gasteiger partial charge in [-0.3, -0.25) is 0 Å². The molecule has 2 atom stereocenters. The lowest BCUT2D eigenvalue weighted by Gasteiger charge is -2.38. The maximum atomic E-state index is 6.51. The van der Waals surface area contributed by atoms with Crippen LogP contribution in [0.15, 0.2) is 76.3 Å². The zero-order valence-electron chi connectivity index (χ0n) is 19.5. The van der Waals surface area contributed by atoms with Crippen molar-refractivity contribution in [1.82, 2.24) is 5.01 Å². The number of ether oxygens (including phenoxy) is 2. The Morgan fingerprint density at radius 1 is 0.970 bits per heavy atom. The molecule has 4 nitrogen and oxygen atoms in total. The molecule has 33 heavy (non-hydrogen) atoms. The second kappa shape index (κ2) is 8.86. The van der Waals surface area contributed by atoms with Crippen LogP contribution in [0.5, 0.6) is 11.5 Å². The van der Waals surface area contributed by atoms with Gasteiger partial charge in [-0.25, -0.2) is 5.01 Å². The maximum absolute atomic E-state index is 6.51. The van der Waals surface area contributed by atoms with Crippen molar-refractivity contribution in [3.05, 3.63) is 93.5 Å². The maximum Gasteiger partial charge on any atom is 0.213 e. The average Bonchev–Trinajstić information content (AvgIpc) is 3.25. The number of hydrazone groups is 1. The summed E-state index contributed by atoms with van der Waals surface area (Å²) < 4.78 is 13.4. The molecule has 0 radical (unpaired) electrons. The lowest BCUT2D eigenvalue weighted by atomic mass is 9.95. The van der Waals surface area contributed by atoms with Crippen molar-refractivity contribution in [2.45, 2.75) is 58.4 Å². The van der Waals surface area contributed by atoms with E-state index < -0.39 is 0 Å². The Morgan fingerprint density at radius 3 is 2.36 bits per heavy atom. The van der Waals surface area contributed by atoms with Gasteiger partial charge in [0.2, 0.25) is 6.23 Å². The minimum absolute atomic E-state index is 0.127. The molecule has 2 heterocycles. The van der Waals surface area contributed by atoms with Gasteiger partial charge in [0, 0.05) is 22.0 Å². The highest BCUT2D eigenvalue weighted by molar-refractivity contribution is 9.10. The number of nitrogens with zero attached hydrogens (tertiary/aromatic N) is 2. The van der Waals surface area contributed by atoms with Crippen LogP contribution >= 0.6 is 15.9 Å². The van der Waals surface area contributed by atoms with Crippen molar-refractivity contribution in [2.24, 2.45) is 5.10 Å². The Morgan fingerprint density at radius 2 is 1.70 bits per heavy atom. The zero-order valence-corrected chi connectivity index (χ0v) is 21.0. The number of hydrogen-bond donors (Lipinski definition) is 0. The van der Waals surface area contributed by atoms with E-state index in [1.54, 1.807) is 0 Å². The van der Waals surface area contributed by atoms with Gasteiger partial charge in [0.1, 0.15) is 11.5 Å². The third-order valence-electron chi connectivity index (χ3n) is 6.20. The minimum Gasteiger partial charge on any atom is -0.491 e. The van der Waals surface area contributed by atoms with E-state index in [0.717, 1.165) is 44.8 Å². The molecular weight excluding hydrogens is 476 g/mol. The highest BCUT2D eigenvalue weighted by Crippen LogP contribution is 2.48. The summed E-state index contributed by atoms with van der Waals surface area (Å²) in [5.41, 5.74) is 5.79. The number of hydrogen-bond acceptors (Lipinski definition) is 4. The van der Waals surface area contributed by atoms with Gasteiger partial charge in [0.15, 0.2) is 0 Å². The molecule has 0 bridgehead atoms. The average molecular weight is 505 g/mol. The molecule has 0 saturated heterocycles. The summed E-state index contributed by atoms with van der Waals surface area (Å²) in [4.78, 5) is 0. The van der Waals surface area contributed by atoms with Crippen LogP contribution < -0.4 is 9.47 Å². The van der Waals surface area contributed by atoms with E-state index in [0.29, 0.717) is 5.92 Å². The van der Waals surface area contributed by atoms with Crippen LogP contribution in [0.1, 0.15) is 74.6 Å². The van der Waals surface area contributed by atoms with Gasteiger partial charge in [-0.05, 0) is 73.4 Å². The van der Waals surface area contributed by atoms with Gasteiger partial charge >= 0.3 is 0 Å². The lowest BCUT2D eigenvalue weighted by Crippen LogP contribution is -2.33. The van der Waals surface area contributed by atoms with Crippen molar-refractivity contribution in [1.29, 1.82) is 0 Å². The Hall–Kier alpha value is -2.79. The standard InChI is InChI=1S/C28H29BrN2O2/c1-17(2)19-5-7-21(8-6-19)28-31-26(24-15-22(29)11-14-27(24)33-28)16-25(30-31)20-9-12-23(13-10-20)32-18(3)4/h5-15,17-18,26,28H,16H2,1-4H3/t26-,28-/m1/s1. The summed E-state index contributed by atoms with van der Waals surface area (Å²) in [5.74, 6) is 2.30. The molecule has 0 aromatic heterocycles. The highest BCUT2D eigenvalue weighted by Gasteiger charge is 2.41. The second-order valence-corrected chi connectivity index (χ2v) is 10.2. The summed E-state index contributed by atoms with van der Waals surface area (Å²) >= 11 is 3.63. The molecule has 0 amide bonds. The Labute approximate surface area is 204 Å². The van der Waals surface area contributed by atoms with Crippen molar-refractivity contribution in [2.75, 3.05) is 0 Å². The van der Waals surface area contributed by atoms with Crippen LogP contribution in [-0.2, 0) is 0 Å². The van der Waals surface area contributed by atoms with Crippen LogP contribution in [-0.4, -0.2) is 16.8 Å². The van der Waals surface area contributed by atoms with Crippen LogP contribution in [0.25, 0.3) is 0 Å². The molecule has 170 valence electrons. The minimum atomic E-state index is -0.258. The third-order valence-corrected chi connectivity index (χ3v) is 6.69. The van der Waals surface area contributed by atoms with E-state index in [2.05, 4.69) is 83.3 Å². The Balaban J connectivity index is 1.50. The predicted molar refractivity (Wildman–Crippen MR) is 136 cm³/mol. The van der Waals surface area contributed by atoms with E-state index in [4.69, 9.17) is 14.6 Å². The third kappa shape index (κ3) is 4.39. The topological polar surface area (TPSA) is 34.1 Å².